The van der Waals surface area contributed by atoms with Crippen LogP contribution in [0.1, 0.15) is 22.3 Å². The van der Waals surface area contributed by atoms with Crippen LogP contribution in [-0.2, 0) is 9.59 Å². The fourth-order valence-electron chi connectivity index (χ4n) is 3.20. The molecular weight excluding hydrogens is 414 g/mol. The zero-order valence-electron chi connectivity index (χ0n) is 18.8. The largest absolute Gasteiger partial charge is 0.484 e. The van der Waals surface area contributed by atoms with Crippen molar-refractivity contribution in [3.05, 3.63) is 94.6 Å². The van der Waals surface area contributed by atoms with Crippen molar-refractivity contribution in [1.82, 2.24) is 0 Å². The summed E-state index contributed by atoms with van der Waals surface area (Å²) in [6, 6.07) is 22.0. The molecule has 6 heteroatoms. The van der Waals surface area contributed by atoms with Gasteiger partial charge >= 0.3 is 0 Å². The predicted octanol–water partition coefficient (Wildman–Crippen LogP) is 5.18. The molecule has 0 spiro atoms. The normalized spacial score (nSPS) is 10.8. The molecule has 33 heavy (non-hydrogen) atoms. The first-order chi connectivity index (χ1) is 15.9. The number of nitrogens with zero attached hydrogens (tertiary/aromatic N) is 1. The lowest BCUT2D eigenvalue weighted by atomic mass is 10.1. The molecule has 0 heterocycles. The van der Waals surface area contributed by atoms with E-state index in [-0.39, 0.29) is 18.1 Å². The number of carbonyl (C=O) groups is 2. The Morgan fingerprint density at radius 1 is 0.909 bits per heavy atom. The third kappa shape index (κ3) is 6.55. The maximum absolute atomic E-state index is 12.6. The van der Waals surface area contributed by atoms with E-state index in [4.69, 9.17) is 4.74 Å². The Hall–Kier alpha value is -4.37. The molecule has 0 bridgehead atoms. The highest BCUT2D eigenvalue weighted by Crippen LogP contribution is 2.19. The summed E-state index contributed by atoms with van der Waals surface area (Å²) in [5, 5.41) is 15.1. The molecule has 0 radical (unpaired) electrons. The number of aryl methyl sites for hydroxylation is 3. The molecule has 0 aromatic heterocycles. The number of amides is 2. The quantitative estimate of drug-likeness (QED) is 0.392. The van der Waals surface area contributed by atoms with Crippen LogP contribution in [0.15, 0.2) is 72.3 Å². The number of hydrogen-bond donors (Lipinski definition) is 2. The number of rotatable bonds is 7. The summed E-state index contributed by atoms with van der Waals surface area (Å²) in [4.78, 5) is 24.8. The Morgan fingerprint density at radius 2 is 1.67 bits per heavy atom. The summed E-state index contributed by atoms with van der Waals surface area (Å²) >= 11 is 0. The van der Waals surface area contributed by atoms with Crippen molar-refractivity contribution < 1.29 is 14.3 Å². The van der Waals surface area contributed by atoms with Crippen molar-refractivity contribution in [2.24, 2.45) is 0 Å². The number of nitrogens with one attached hydrogen (secondary N) is 2. The van der Waals surface area contributed by atoms with Crippen LogP contribution < -0.4 is 15.4 Å². The average Bonchev–Trinajstić information content (AvgIpc) is 2.79. The van der Waals surface area contributed by atoms with Crippen LogP contribution in [0.2, 0.25) is 0 Å². The maximum atomic E-state index is 12.6. The van der Waals surface area contributed by atoms with Gasteiger partial charge in [0.15, 0.2) is 6.61 Å². The highest BCUT2D eigenvalue weighted by Gasteiger charge is 2.12. The van der Waals surface area contributed by atoms with Gasteiger partial charge in [-0.3, -0.25) is 9.59 Å². The lowest BCUT2D eigenvalue weighted by Gasteiger charge is -2.10. The fraction of sp³-hybridized carbons (Fsp3) is 0.148. The minimum atomic E-state index is -0.492. The number of hydrogen-bond acceptors (Lipinski definition) is 4. The summed E-state index contributed by atoms with van der Waals surface area (Å²) in [7, 11) is 0. The molecule has 2 amide bonds. The van der Waals surface area contributed by atoms with Crippen molar-refractivity contribution in [1.29, 1.82) is 5.26 Å². The standard InChI is InChI=1S/C27H25N3O3/c1-18-11-12-25(20(3)13-18)30-27(32)22(16-28)14-21-8-6-9-23(15-21)33-17-26(31)29-24-10-5-4-7-19(24)2/h4-15H,17H2,1-3H3,(H,29,31)(H,30,32)/b22-14+. The molecular formula is C27H25N3O3. The molecule has 3 aromatic rings. The van der Waals surface area contributed by atoms with Gasteiger partial charge < -0.3 is 15.4 Å². The molecule has 0 aliphatic carbocycles. The van der Waals surface area contributed by atoms with Gasteiger partial charge in [0.05, 0.1) is 0 Å². The second-order valence-corrected chi connectivity index (χ2v) is 7.67. The van der Waals surface area contributed by atoms with E-state index in [1.54, 1.807) is 24.3 Å². The molecule has 2 N–H and O–H groups in total. The van der Waals surface area contributed by atoms with Gasteiger partial charge in [-0.05, 0) is 67.8 Å². The molecule has 0 saturated carbocycles. The van der Waals surface area contributed by atoms with Gasteiger partial charge in [0.25, 0.3) is 11.8 Å². The number of carbonyl (C=O) groups excluding carboxylic acids is 2. The van der Waals surface area contributed by atoms with Gasteiger partial charge in [-0.1, -0.05) is 48.0 Å². The zero-order valence-corrected chi connectivity index (χ0v) is 18.8. The van der Waals surface area contributed by atoms with E-state index in [9.17, 15) is 14.9 Å². The minimum absolute atomic E-state index is 0.0376. The molecule has 0 saturated heterocycles. The Kier molecular flexibility index (Phi) is 7.61. The van der Waals surface area contributed by atoms with Crippen LogP contribution in [-0.4, -0.2) is 18.4 Å². The van der Waals surface area contributed by atoms with E-state index in [0.717, 1.165) is 22.4 Å². The monoisotopic (exact) mass is 439 g/mol. The molecule has 3 aromatic carbocycles. The first-order valence-electron chi connectivity index (χ1n) is 10.4. The van der Waals surface area contributed by atoms with Crippen LogP contribution >= 0.6 is 0 Å². The van der Waals surface area contributed by atoms with Crippen molar-refractivity contribution >= 4 is 29.3 Å². The minimum Gasteiger partial charge on any atom is -0.484 e. The molecule has 0 aliphatic rings. The van der Waals surface area contributed by atoms with Crippen LogP contribution in [0.4, 0.5) is 11.4 Å². The molecule has 0 aliphatic heterocycles. The lowest BCUT2D eigenvalue weighted by molar-refractivity contribution is -0.118. The topological polar surface area (TPSA) is 91.2 Å². The highest BCUT2D eigenvalue weighted by molar-refractivity contribution is 6.10. The Bertz CT molecular complexity index is 1260. The first-order valence-corrected chi connectivity index (χ1v) is 10.4. The van der Waals surface area contributed by atoms with Crippen LogP contribution in [0.5, 0.6) is 5.75 Å². The second kappa shape index (κ2) is 10.8. The van der Waals surface area contributed by atoms with E-state index in [1.807, 2.05) is 69.3 Å². The Balaban J connectivity index is 1.65. The number of ether oxygens (including phenoxy) is 1. The summed E-state index contributed by atoms with van der Waals surface area (Å²) in [6.07, 6.45) is 1.49. The van der Waals surface area contributed by atoms with Gasteiger partial charge in [0.1, 0.15) is 17.4 Å². The SMILES string of the molecule is Cc1ccc(NC(=O)/C(C#N)=C/c2cccc(OCC(=O)Nc3ccccc3C)c2)c(C)c1. The average molecular weight is 440 g/mol. The number of benzene rings is 3. The maximum Gasteiger partial charge on any atom is 0.266 e. The van der Waals surface area contributed by atoms with Gasteiger partial charge in [-0.25, -0.2) is 0 Å². The number of nitriles is 1. The molecule has 6 nitrogen and oxygen atoms in total. The molecule has 3 rings (SSSR count). The zero-order chi connectivity index (χ0) is 23.8. The summed E-state index contributed by atoms with van der Waals surface area (Å²) < 4.78 is 5.59. The van der Waals surface area contributed by atoms with Gasteiger partial charge in [-0.2, -0.15) is 5.26 Å². The van der Waals surface area contributed by atoms with Gasteiger partial charge in [-0.15, -0.1) is 0 Å². The lowest BCUT2D eigenvalue weighted by Crippen LogP contribution is -2.20. The van der Waals surface area contributed by atoms with Crippen molar-refractivity contribution in [3.8, 4) is 11.8 Å². The van der Waals surface area contributed by atoms with E-state index in [2.05, 4.69) is 10.6 Å². The predicted molar refractivity (Wildman–Crippen MR) is 130 cm³/mol. The van der Waals surface area contributed by atoms with E-state index in [1.165, 1.54) is 6.08 Å². The van der Waals surface area contributed by atoms with Crippen LogP contribution in [0.3, 0.4) is 0 Å². The van der Waals surface area contributed by atoms with E-state index in [0.29, 0.717) is 17.0 Å². The third-order valence-corrected chi connectivity index (χ3v) is 4.95. The Labute approximate surface area is 193 Å². The summed E-state index contributed by atoms with van der Waals surface area (Å²) in [5.74, 6) is -0.319. The second-order valence-electron chi connectivity index (χ2n) is 7.67. The smallest absolute Gasteiger partial charge is 0.266 e. The van der Waals surface area contributed by atoms with E-state index >= 15 is 0 Å². The molecule has 0 fully saturated rings. The number of anilines is 2. The molecule has 0 atom stereocenters. The summed E-state index contributed by atoms with van der Waals surface area (Å²) in [5.41, 5.74) is 4.93. The van der Waals surface area contributed by atoms with Crippen LogP contribution in [0.25, 0.3) is 6.08 Å². The summed E-state index contributed by atoms with van der Waals surface area (Å²) in [6.45, 7) is 5.62. The van der Waals surface area contributed by atoms with Crippen LogP contribution in [0, 0.1) is 32.1 Å². The third-order valence-electron chi connectivity index (χ3n) is 4.95. The number of para-hydroxylation sites is 1. The molecule has 166 valence electrons. The van der Waals surface area contributed by atoms with Crippen molar-refractivity contribution in [2.45, 2.75) is 20.8 Å². The highest BCUT2D eigenvalue weighted by atomic mass is 16.5. The van der Waals surface area contributed by atoms with Crippen molar-refractivity contribution in [2.75, 3.05) is 17.2 Å². The molecule has 0 unspecified atom stereocenters. The first kappa shape index (κ1) is 23.3. The van der Waals surface area contributed by atoms with Crippen molar-refractivity contribution in [3.63, 3.8) is 0 Å². The van der Waals surface area contributed by atoms with Gasteiger partial charge in [0, 0.05) is 11.4 Å². The fourth-order valence-corrected chi connectivity index (χ4v) is 3.20. The Morgan fingerprint density at radius 3 is 2.39 bits per heavy atom. The van der Waals surface area contributed by atoms with Gasteiger partial charge in [0.2, 0.25) is 0 Å². The van der Waals surface area contributed by atoms with E-state index < -0.39 is 5.91 Å².